The van der Waals surface area contributed by atoms with Crippen molar-refractivity contribution in [3.8, 4) is 22.9 Å². The Morgan fingerprint density at radius 2 is 1.47 bits per heavy atom. The van der Waals surface area contributed by atoms with E-state index in [0.29, 0.717) is 47.1 Å². The molecule has 8 nitrogen and oxygen atoms in total. The van der Waals surface area contributed by atoms with Crippen molar-refractivity contribution in [2.24, 2.45) is 5.92 Å². The quantitative estimate of drug-likeness (QED) is 0.0755. The Balaban J connectivity index is 1.23. The fraction of sp³-hybridized carbons (Fsp3) is 0.488. The fourth-order valence-electron chi connectivity index (χ4n) is 8.02. The van der Waals surface area contributed by atoms with Gasteiger partial charge in [0.05, 0.1) is 57.7 Å². The van der Waals surface area contributed by atoms with E-state index in [1.807, 2.05) is 12.1 Å². The van der Waals surface area contributed by atoms with Crippen LogP contribution in [0.1, 0.15) is 88.4 Å². The molecule has 0 aliphatic carbocycles. The lowest BCUT2D eigenvalue weighted by Gasteiger charge is -2.49. The molecule has 3 aliphatic heterocycles. The Bertz CT molecular complexity index is 1900. The van der Waals surface area contributed by atoms with Crippen LogP contribution in [0, 0.1) is 17.6 Å². The second-order valence-corrected chi connectivity index (χ2v) is 14.8. The zero-order valence-electron chi connectivity index (χ0n) is 31.5. The van der Waals surface area contributed by atoms with E-state index in [-0.39, 0.29) is 17.8 Å². The second-order valence-electron chi connectivity index (χ2n) is 14.8. The zero-order valence-corrected chi connectivity index (χ0v) is 31.5. The van der Waals surface area contributed by atoms with Crippen LogP contribution in [0.4, 0.5) is 14.5 Å². The lowest BCUT2D eigenvalue weighted by molar-refractivity contribution is -0.942. The monoisotopic (exact) mass is 730 g/mol. The molecule has 0 radical (unpaired) electrons. The van der Waals surface area contributed by atoms with Crippen LogP contribution < -0.4 is 24.5 Å². The number of halogens is 2. The molecule has 10 heteroatoms. The van der Waals surface area contributed by atoms with Crippen molar-refractivity contribution in [1.29, 1.82) is 0 Å². The highest BCUT2D eigenvalue weighted by Gasteiger charge is 2.38. The molecule has 53 heavy (non-hydrogen) atoms. The summed E-state index contributed by atoms with van der Waals surface area (Å²) in [5, 5.41) is 0.297. The van der Waals surface area contributed by atoms with Gasteiger partial charge in [-0.25, -0.2) is 8.78 Å². The molecule has 4 heterocycles. The van der Waals surface area contributed by atoms with Gasteiger partial charge in [0, 0.05) is 54.1 Å². The number of anilines is 1. The molecule has 2 bridgehead atoms. The van der Waals surface area contributed by atoms with Crippen molar-refractivity contribution in [3.05, 3.63) is 88.2 Å². The normalized spacial score (nSPS) is 17.9. The third-order valence-electron chi connectivity index (χ3n) is 11.2. The number of unbranched alkanes of at least 4 members (excludes halogenated alkanes) is 5. The predicted molar refractivity (Wildman–Crippen MR) is 206 cm³/mol. The molecular formula is C43H54F2N3O5+. The van der Waals surface area contributed by atoms with E-state index in [1.165, 1.54) is 80.3 Å². The maximum atomic E-state index is 14.2. The van der Waals surface area contributed by atoms with Gasteiger partial charge in [0.25, 0.3) is 5.91 Å². The van der Waals surface area contributed by atoms with Gasteiger partial charge in [-0.3, -0.25) is 9.59 Å². The van der Waals surface area contributed by atoms with E-state index in [4.69, 9.17) is 14.2 Å². The van der Waals surface area contributed by atoms with Crippen molar-refractivity contribution < 1.29 is 32.3 Å². The molecule has 0 unspecified atom stereocenters. The summed E-state index contributed by atoms with van der Waals surface area (Å²) < 4.78 is 49.4. The van der Waals surface area contributed by atoms with Gasteiger partial charge in [-0.15, -0.1) is 0 Å². The third-order valence-corrected chi connectivity index (χ3v) is 11.2. The van der Waals surface area contributed by atoms with Gasteiger partial charge in [0.1, 0.15) is 34.4 Å². The number of carbonyl (C=O) groups excluding carboxylic acids is 1. The smallest absolute Gasteiger partial charge is 0.263 e. The number of fused-ring (bicyclic) bond motifs is 4. The number of pyridine rings is 1. The lowest BCUT2D eigenvalue weighted by atomic mass is 9.85. The summed E-state index contributed by atoms with van der Waals surface area (Å²) in [5.74, 6) is 0.414. The third kappa shape index (κ3) is 9.21. The summed E-state index contributed by atoms with van der Waals surface area (Å²) in [6.07, 6.45) is 13.4. The van der Waals surface area contributed by atoms with Gasteiger partial charge >= 0.3 is 0 Å². The minimum absolute atomic E-state index is 0.0211. The highest BCUT2D eigenvalue weighted by molar-refractivity contribution is 6.07. The number of rotatable bonds is 18. The van der Waals surface area contributed by atoms with Crippen molar-refractivity contribution in [2.45, 2.75) is 78.1 Å². The van der Waals surface area contributed by atoms with Crippen LogP contribution in [0.25, 0.3) is 16.6 Å². The molecule has 4 aromatic rings. The van der Waals surface area contributed by atoms with Crippen LogP contribution in [0.3, 0.4) is 0 Å². The standard InChI is InChI=1S/C43H54F2N3O5/c1-4-6-21-53-38-27-35(26-37(28-38)51-3)47-30-40(43(50)46(5-2)34-24-32(44)23-33(45)25-34)42(49)39-13-12-36(29-41(39)47)52-22-11-9-7-8-10-17-48-18-14-31(15-19-48)16-20-48/h12-13,23-31H,4-11,14-22H2,1-3H3/q+1. The minimum Gasteiger partial charge on any atom is -0.497 e. The summed E-state index contributed by atoms with van der Waals surface area (Å²) in [6, 6.07) is 13.6. The lowest BCUT2D eigenvalue weighted by Crippen LogP contribution is -2.58. The number of quaternary nitrogens is 1. The first-order chi connectivity index (χ1) is 25.7. The first-order valence-corrected chi connectivity index (χ1v) is 19.5. The van der Waals surface area contributed by atoms with Crippen molar-refractivity contribution in [2.75, 3.05) is 57.9 Å². The van der Waals surface area contributed by atoms with E-state index in [1.54, 1.807) is 42.9 Å². The van der Waals surface area contributed by atoms with Crippen LogP contribution in [0.5, 0.6) is 17.2 Å². The van der Waals surface area contributed by atoms with E-state index in [9.17, 15) is 18.4 Å². The van der Waals surface area contributed by atoms with Crippen LogP contribution in [-0.4, -0.2) is 68.0 Å². The maximum absolute atomic E-state index is 14.2. The number of nitrogens with zero attached hydrogens (tertiary/aromatic N) is 3. The second kappa shape index (κ2) is 17.6. The van der Waals surface area contributed by atoms with E-state index in [2.05, 4.69) is 6.92 Å². The van der Waals surface area contributed by atoms with Crippen LogP contribution >= 0.6 is 0 Å². The number of piperidine rings is 3. The topological polar surface area (TPSA) is 70.0 Å². The van der Waals surface area contributed by atoms with E-state index >= 15 is 0 Å². The highest BCUT2D eigenvalue weighted by Crippen LogP contribution is 2.34. The Morgan fingerprint density at radius 1 is 0.811 bits per heavy atom. The minimum atomic E-state index is -0.818. The van der Waals surface area contributed by atoms with Gasteiger partial charge in [0.2, 0.25) is 5.43 Å². The number of hydrogen-bond donors (Lipinski definition) is 0. The number of aromatic nitrogens is 1. The van der Waals surface area contributed by atoms with Gasteiger partial charge in [-0.05, 0) is 82.1 Å². The Kier molecular flexibility index (Phi) is 12.7. The molecule has 0 N–H and O–H groups in total. The van der Waals surface area contributed by atoms with Gasteiger partial charge in [-0.2, -0.15) is 0 Å². The van der Waals surface area contributed by atoms with Crippen molar-refractivity contribution in [3.63, 3.8) is 0 Å². The van der Waals surface area contributed by atoms with E-state index < -0.39 is 23.0 Å². The average molecular weight is 731 g/mol. The maximum Gasteiger partial charge on any atom is 0.263 e. The number of methoxy groups -OCH3 is 1. The molecule has 1 amide bonds. The summed E-state index contributed by atoms with van der Waals surface area (Å²) >= 11 is 0. The molecular weight excluding hydrogens is 676 g/mol. The van der Waals surface area contributed by atoms with Gasteiger partial charge < -0.3 is 28.2 Å². The first kappa shape index (κ1) is 38.3. The molecule has 3 saturated heterocycles. The zero-order chi connectivity index (χ0) is 37.4. The van der Waals surface area contributed by atoms with Gasteiger partial charge in [-0.1, -0.05) is 26.2 Å². The molecule has 284 valence electrons. The van der Waals surface area contributed by atoms with Crippen molar-refractivity contribution in [1.82, 2.24) is 4.57 Å². The number of benzene rings is 3. The van der Waals surface area contributed by atoms with E-state index in [0.717, 1.165) is 49.8 Å². The summed E-state index contributed by atoms with van der Waals surface area (Å²) in [6.45, 7) is 10.4. The number of carbonyl (C=O) groups is 1. The van der Waals surface area contributed by atoms with Crippen LogP contribution in [0.15, 0.2) is 65.6 Å². The molecule has 0 spiro atoms. The summed E-state index contributed by atoms with van der Waals surface area (Å²) in [5.41, 5.74) is 0.512. The molecule has 0 saturated carbocycles. The molecule has 1 aromatic heterocycles. The molecule has 0 atom stereocenters. The molecule has 3 aliphatic rings. The largest absolute Gasteiger partial charge is 0.497 e. The highest BCUT2D eigenvalue weighted by atomic mass is 19.1. The van der Waals surface area contributed by atoms with Crippen LogP contribution in [-0.2, 0) is 0 Å². The predicted octanol–water partition coefficient (Wildman–Crippen LogP) is 9.08. The molecule has 3 fully saturated rings. The SMILES string of the molecule is CCCCOc1cc(OC)cc(-n2cc(C(=O)N(CC)c3cc(F)cc(F)c3)c(=O)c3ccc(OCCCCCCC[N+]45CCC(CC4)CC5)cc32)c1. The first-order valence-electron chi connectivity index (χ1n) is 19.5. The van der Waals surface area contributed by atoms with Gasteiger partial charge in [0.15, 0.2) is 0 Å². The Labute approximate surface area is 311 Å². The average Bonchev–Trinajstić information content (AvgIpc) is 3.16. The van der Waals surface area contributed by atoms with Crippen molar-refractivity contribution >= 4 is 22.5 Å². The molecule has 7 rings (SSSR count). The molecule has 3 aromatic carbocycles. The Hall–Kier alpha value is -4.44. The van der Waals surface area contributed by atoms with Crippen LogP contribution in [0.2, 0.25) is 0 Å². The summed E-state index contributed by atoms with van der Waals surface area (Å²) in [4.78, 5) is 29.3. The number of hydrogen-bond acceptors (Lipinski definition) is 5. The number of amides is 1. The number of ether oxygens (including phenoxy) is 3. The fourth-order valence-corrected chi connectivity index (χ4v) is 8.02. The summed E-state index contributed by atoms with van der Waals surface area (Å²) in [7, 11) is 1.57. The Morgan fingerprint density at radius 3 is 2.17 bits per heavy atom.